The lowest BCUT2D eigenvalue weighted by molar-refractivity contribution is -0.161. The summed E-state index contributed by atoms with van der Waals surface area (Å²) in [6.45, 7) is 4.06. The summed E-state index contributed by atoms with van der Waals surface area (Å²) in [5.74, 6) is -0.578. The quantitative estimate of drug-likeness (QED) is 0.0374. The molecule has 1 N–H and O–H groups in total. The highest BCUT2D eigenvalue weighted by atomic mass is 16.6. The molecule has 0 rings (SSSR count). The van der Waals surface area contributed by atoms with Gasteiger partial charge in [-0.05, 0) is 57.8 Å². The van der Waals surface area contributed by atoms with E-state index in [1.165, 1.54) is 180 Å². The summed E-state index contributed by atoms with van der Waals surface area (Å²) < 4.78 is 10.7. The summed E-state index contributed by atoms with van der Waals surface area (Å²) in [5, 5.41) is 9.64. The van der Waals surface area contributed by atoms with Gasteiger partial charge in [0, 0.05) is 12.8 Å². The van der Waals surface area contributed by atoms with Gasteiger partial charge in [0.1, 0.15) is 6.61 Å². The van der Waals surface area contributed by atoms with Crippen LogP contribution in [0.1, 0.15) is 277 Å². The van der Waals surface area contributed by atoms with Crippen LogP contribution in [0.4, 0.5) is 0 Å². The maximum absolute atomic E-state index is 12.3. The average Bonchev–Trinajstić information content (AvgIpc) is 3.29. The first-order chi connectivity index (χ1) is 31.1. The summed E-state index contributed by atoms with van der Waals surface area (Å²) >= 11 is 0. The second-order valence-corrected chi connectivity index (χ2v) is 18.3. The van der Waals surface area contributed by atoms with Gasteiger partial charge in [-0.1, -0.05) is 267 Å². The molecule has 0 aromatic carbocycles. The third-order valence-electron chi connectivity index (χ3n) is 12.1. The number of aliphatic hydroxyl groups excluding tert-OH is 1. The Morgan fingerprint density at radius 3 is 1.03 bits per heavy atom. The van der Waals surface area contributed by atoms with Gasteiger partial charge in [0.2, 0.25) is 0 Å². The van der Waals surface area contributed by atoms with Crippen molar-refractivity contribution in [1.82, 2.24) is 0 Å². The zero-order chi connectivity index (χ0) is 45.6. The Balaban J connectivity index is 3.46. The second kappa shape index (κ2) is 53.9. The van der Waals surface area contributed by atoms with Gasteiger partial charge in [-0.15, -0.1) is 0 Å². The summed E-state index contributed by atoms with van der Waals surface area (Å²) in [6, 6.07) is 0. The molecule has 0 saturated carbocycles. The van der Waals surface area contributed by atoms with Gasteiger partial charge < -0.3 is 14.6 Å². The Hall–Kier alpha value is -2.40. The number of esters is 2. The number of ether oxygens (including phenoxy) is 2. The highest BCUT2D eigenvalue weighted by Crippen LogP contribution is 2.17. The second-order valence-electron chi connectivity index (χ2n) is 18.3. The number of allylic oxidation sites excluding steroid dienone is 10. The largest absolute Gasteiger partial charge is 0.462 e. The number of carbonyl (C=O) groups is 2. The molecular weight excluding hydrogens is 777 g/mol. The van der Waals surface area contributed by atoms with Gasteiger partial charge in [-0.2, -0.15) is 0 Å². The van der Waals surface area contributed by atoms with Crippen molar-refractivity contribution >= 4 is 11.9 Å². The van der Waals surface area contributed by atoms with E-state index >= 15 is 0 Å². The average molecular weight is 881 g/mol. The zero-order valence-corrected chi connectivity index (χ0v) is 41.8. The van der Waals surface area contributed by atoms with Crippen molar-refractivity contribution in [1.29, 1.82) is 0 Å². The highest BCUT2D eigenvalue weighted by Gasteiger charge is 2.16. The van der Waals surface area contributed by atoms with Crippen LogP contribution in [0, 0.1) is 0 Å². The van der Waals surface area contributed by atoms with Crippen LogP contribution < -0.4 is 0 Å². The molecule has 0 aromatic heterocycles. The fourth-order valence-electron chi connectivity index (χ4n) is 8.00. The maximum atomic E-state index is 12.3. The molecule has 0 saturated heterocycles. The van der Waals surface area contributed by atoms with E-state index < -0.39 is 6.10 Å². The Morgan fingerprint density at radius 2 is 0.683 bits per heavy atom. The zero-order valence-electron chi connectivity index (χ0n) is 41.8. The highest BCUT2D eigenvalue weighted by molar-refractivity contribution is 5.70. The van der Waals surface area contributed by atoms with Crippen LogP contribution >= 0.6 is 0 Å². The lowest BCUT2D eigenvalue weighted by Crippen LogP contribution is -2.28. The molecule has 0 amide bonds. The molecule has 0 spiro atoms. The van der Waals surface area contributed by atoms with Crippen LogP contribution in [-0.4, -0.2) is 36.4 Å². The van der Waals surface area contributed by atoms with Gasteiger partial charge in [0.05, 0.1) is 6.61 Å². The monoisotopic (exact) mass is 881 g/mol. The van der Waals surface area contributed by atoms with Gasteiger partial charge in [-0.3, -0.25) is 9.59 Å². The van der Waals surface area contributed by atoms with Gasteiger partial charge >= 0.3 is 11.9 Å². The summed E-state index contributed by atoms with van der Waals surface area (Å²) in [7, 11) is 0. The summed E-state index contributed by atoms with van der Waals surface area (Å²) in [6.07, 6.45) is 71.9. The first-order valence-electron chi connectivity index (χ1n) is 27.3. The molecule has 0 fully saturated rings. The number of unbranched alkanes of at least 4 members (excludes halogenated alkanes) is 32. The number of hydrogen-bond acceptors (Lipinski definition) is 5. The van der Waals surface area contributed by atoms with Crippen LogP contribution in [-0.2, 0) is 19.1 Å². The van der Waals surface area contributed by atoms with E-state index in [1.807, 2.05) is 0 Å². The SMILES string of the molecule is CC/C=C\C/C=C\C/C=C\C/C=C\C/C=C\CCCCCCCCCCCCCCCCCC(=O)OC(CO)COC(=O)CCCCCCCCCCCCCCCCCCCC. The normalized spacial score (nSPS) is 12.6. The van der Waals surface area contributed by atoms with E-state index in [-0.39, 0.29) is 25.2 Å². The molecule has 5 nitrogen and oxygen atoms in total. The molecule has 0 radical (unpaired) electrons. The fourth-order valence-corrected chi connectivity index (χ4v) is 8.00. The molecule has 0 heterocycles. The molecule has 366 valence electrons. The molecule has 0 bridgehead atoms. The van der Waals surface area contributed by atoms with Gasteiger partial charge in [0.25, 0.3) is 0 Å². The molecule has 1 unspecified atom stereocenters. The third kappa shape index (κ3) is 52.1. The topological polar surface area (TPSA) is 72.8 Å². The van der Waals surface area contributed by atoms with Crippen molar-refractivity contribution in [2.75, 3.05) is 13.2 Å². The third-order valence-corrected chi connectivity index (χ3v) is 12.1. The van der Waals surface area contributed by atoms with Crippen molar-refractivity contribution in [2.45, 2.75) is 283 Å². The molecule has 0 aliphatic rings. The van der Waals surface area contributed by atoms with E-state index in [1.54, 1.807) is 0 Å². The number of carbonyl (C=O) groups excluding carboxylic acids is 2. The predicted molar refractivity (Wildman–Crippen MR) is 274 cm³/mol. The van der Waals surface area contributed by atoms with Crippen molar-refractivity contribution in [3.8, 4) is 0 Å². The lowest BCUT2D eigenvalue weighted by Gasteiger charge is -2.15. The molecular formula is C58H104O5. The fraction of sp³-hybridized carbons (Fsp3) is 0.793. The lowest BCUT2D eigenvalue weighted by atomic mass is 10.0. The molecule has 63 heavy (non-hydrogen) atoms. The maximum Gasteiger partial charge on any atom is 0.306 e. The Bertz CT molecular complexity index is 1090. The van der Waals surface area contributed by atoms with E-state index in [2.05, 4.69) is 74.6 Å². The number of hydrogen-bond donors (Lipinski definition) is 1. The number of aliphatic hydroxyl groups is 1. The standard InChI is InChI=1S/C58H104O5/c1-3-5-7-9-11-13-15-17-19-21-23-24-25-26-27-28-29-30-31-32-33-34-35-37-39-41-43-45-47-49-51-53-58(61)63-56(54-59)55-62-57(60)52-50-48-46-44-42-40-38-36-22-20-18-16-14-12-10-8-6-4-2/h5,7,11,13,17,19,23-24,26-27,56,59H,3-4,6,8-10,12,14-16,18,20-22,25,28-55H2,1-2H3/b7-5-,13-11-,19-17-,24-23-,27-26-. The predicted octanol–water partition coefficient (Wildman–Crippen LogP) is 18.2. The van der Waals surface area contributed by atoms with Crippen molar-refractivity contribution < 1.29 is 24.2 Å². The molecule has 0 aliphatic heterocycles. The van der Waals surface area contributed by atoms with E-state index in [0.29, 0.717) is 12.8 Å². The minimum absolute atomic E-state index is 0.0624. The van der Waals surface area contributed by atoms with Crippen LogP contribution in [0.3, 0.4) is 0 Å². The number of rotatable bonds is 50. The molecule has 0 aliphatic carbocycles. The van der Waals surface area contributed by atoms with E-state index in [4.69, 9.17) is 9.47 Å². The smallest absolute Gasteiger partial charge is 0.306 e. The molecule has 1 atom stereocenters. The van der Waals surface area contributed by atoms with Gasteiger partial charge in [0.15, 0.2) is 6.10 Å². The van der Waals surface area contributed by atoms with Crippen molar-refractivity contribution in [3.63, 3.8) is 0 Å². The first-order valence-corrected chi connectivity index (χ1v) is 27.3. The summed E-state index contributed by atoms with van der Waals surface area (Å²) in [4.78, 5) is 24.5. The van der Waals surface area contributed by atoms with Crippen LogP contribution in [0.15, 0.2) is 60.8 Å². The molecule has 5 heteroatoms. The minimum atomic E-state index is -0.771. The molecule has 0 aromatic rings. The van der Waals surface area contributed by atoms with Crippen LogP contribution in [0.5, 0.6) is 0 Å². The summed E-state index contributed by atoms with van der Waals surface area (Å²) in [5.41, 5.74) is 0. The Labute approximate surface area is 391 Å². The van der Waals surface area contributed by atoms with E-state index in [0.717, 1.165) is 70.6 Å². The Kier molecular flexibility index (Phi) is 51.9. The van der Waals surface area contributed by atoms with Crippen LogP contribution in [0.25, 0.3) is 0 Å². The van der Waals surface area contributed by atoms with Crippen LogP contribution in [0.2, 0.25) is 0 Å². The first kappa shape index (κ1) is 60.6. The Morgan fingerprint density at radius 1 is 0.381 bits per heavy atom. The van der Waals surface area contributed by atoms with Crippen molar-refractivity contribution in [2.24, 2.45) is 0 Å². The van der Waals surface area contributed by atoms with Crippen molar-refractivity contribution in [3.05, 3.63) is 60.8 Å². The minimum Gasteiger partial charge on any atom is -0.462 e. The van der Waals surface area contributed by atoms with E-state index in [9.17, 15) is 14.7 Å². The van der Waals surface area contributed by atoms with Gasteiger partial charge in [-0.25, -0.2) is 0 Å².